The lowest BCUT2D eigenvalue weighted by atomic mass is 9.97. The maximum Gasteiger partial charge on any atom is 0.155 e. The molecular weight excluding hydrogens is 302 g/mol. The maximum absolute atomic E-state index is 6.20. The number of rotatable bonds is 1. The Morgan fingerprint density at radius 2 is 2.18 bits per heavy atom. The molecule has 0 aromatic carbocycles. The summed E-state index contributed by atoms with van der Waals surface area (Å²) in [5.41, 5.74) is 0.981. The summed E-state index contributed by atoms with van der Waals surface area (Å²) < 4.78 is 3.15. The Morgan fingerprint density at radius 3 is 2.94 bits per heavy atom. The van der Waals surface area contributed by atoms with Crippen LogP contribution in [0.4, 0.5) is 0 Å². The van der Waals surface area contributed by atoms with Gasteiger partial charge in [-0.3, -0.25) is 0 Å². The van der Waals surface area contributed by atoms with Crippen molar-refractivity contribution >= 4 is 33.0 Å². The zero-order valence-electron chi connectivity index (χ0n) is 9.29. The second-order valence-corrected chi connectivity index (χ2v) is 5.66. The van der Waals surface area contributed by atoms with Gasteiger partial charge in [0.25, 0.3) is 0 Å². The molecule has 1 aliphatic rings. The molecule has 0 bridgehead atoms. The number of fused-ring (bicyclic) bond motifs is 1. The van der Waals surface area contributed by atoms with Crippen LogP contribution in [0.3, 0.4) is 0 Å². The van der Waals surface area contributed by atoms with E-state index in [1.807, 2.05) is 18.3 Å². The van der Waals surface area contributed by atoms with Crippen LogP contribution in [0.5, 0.6) is 0 Å². The minimum absolute atomic E-state index is 0.512. The molecule has 0 radical (unpaired) electrons. The number of piperidine rings is 1. The first kappa shape index (κ1) is 11.5. The molecule has 2 aromatic heterocycles. The van der Waals surface area contributed by atoms with Crippen molar-refractivity contribution in [2.75, 3.05) is 13.1 Å². The number of imidazole rings is 1. The van der Waals surface area contributed by atoms with Gasteiger partial charge < -0.3 is 9.72 Å². The average molecular weight is 315 g/mol. The summed E-state index contributed by atoms with van der Waals surface area (Å²) >= 11 is 9.66. The largest absolute Gasteiger partial charge is 0.317 e. The number of aromatic nitrogens is 2. The van der Waals surface area contributed by atoms with Crippen molar-refractivity contribution in [3.63, 3.8) is 0 Å². The molecule has 1 N–H and O–H groups in total. The molecule has 2 aromatic rings. The lowest BCUT2D eigenvalue weighted by Gasteiger charge is -2.21. The standard InChI is InChI=1S/C12H13BrClN3/c13-9-3-6-17-10(7-9)11(14)16-12(17)8-1-4-15-5-2-8/h3,6-8,15H,1-2,4-5H2. The molecule has 0 amide bonds. The number of hydrogen-bond acceptors (Lipinski definition) is 2. The van der Waals surface area contributed by atoms with E-state index in [-0.39, 0.29) is 0 Å². The summed E-state index contributed by atoms with van der Waals surface area (Å²) in [6, 6.07) is 4.04. The summed E-state index contributed by atoms with van der Waals surface area (Å²) in [7, 11) is 0. The zero-order chi connectivity index (χ0) is 11.8. The van der Waals surface area contributed by atoms with Crippen molar-refractivity contribution in [1.82, 2.24) is 14.7 Å². The quantitative estimate of drug-likeness (QED) is 0.876. The third-order valence-corrected chi connectivity index (χ3v) is 4.06. The Hall–Kier alpha value is -0.580. The van der Waals surface area contributed by atoms with Crippen LogP contribution in [0.1, 0.15) is 24.6 Å². The van der Waals surface area contributed by atoms with E-state index in [1.165, 1.54) is 0 Å². The normalized spacial score (nSPS) is 17.8. The predicted molar refractivity (Wildman–Crippen MR) is 72.7 cm³/mol. The van der Waals surface area contributed by atoms with Gasteiger partial charge in [0.15, 0.2) is 5.15 Å². The van der Waals surface area contributed by atoms with Gasteiger partial charge in [-0.25, -0.2) is 4.98 Å². The molecular formula is C12H13BrClN3. The average Bonchev–Trinajstić information content (AvgIpc) is 2.68. The Bertz CT molecular complexity index is 546. The number of nitrogens with one attached hydrogen (secondary N) is 1. The first-order valence-electron chi connectivity index (χ1n) is 5.79. The smallest absolute Gasteiger partial charge is 0.155 e. The molecule has 3 nitrogen and oxygen atoms in total. The maximum atomic E-state index is 6.20. The van der Waals surface area contributed by atoms with E-state index in [9.17, 15) is 0 Å². The second kappa shape index (κ2) is 4.59. The summed E-state index contributed by atoms with van der Waals surface area (Å²) in [5, 5.41) is 3.97. The molecule has 90 valence electrons. The number of nitrogens with zero attached hydrogens (tertiary/aromatic N) is 2. The topological polar surface area (TPSA) is 29.3 Å². The third-order valence-electron chi connectivity index (χ3n) is 3.29. The first-order chi connectivity index (χ1) is 8.25. The van der Waals surface area contributed by atoms with Crippen molar-refractivity contribution in [1.29, 1.82) is 0 Å². The molecule has 0 spiro atoms. The van der Waals surface area contributed by atoms with Crippen LogP contribution in [-0.2, 0) is 0 Å². The minimum Gasteiger partial charge on any atom is -0.317 e. The summed E-state index contributed by atoms with van der Waals surface area (Å²) in [6.07, 6.45) is 4.30. The van der Waals surface area contributed by atoms with Gasteiger partial charge in [-0.05, 0) is 38.1 Å². The molecule has 17 heavy (non-hydrogen) atoms. The highest BCUT2D eigenvalue weighted by molar-refractivity contribution is 9.10. The van der Waals surface area contributed by atoms with E-state index in [2.05, 4.69) is 30.6 Å². The van der Waals surface area contributed by atoms with Crippen molar-refractivity contribution in [2.24, 2.45) is 0 Å². The van der Waals surface area contributed by atoms with Gasteiger partial charge in [0.1, 0.15) is 5.82 Å². The molecule has 3 rings (SSSR count). The summed E-state index contributed by atoms with van der Waals surface area (Å²) in [5.74, 6) is 1.61. The molecule has 3 heterocycles. The van der Waals surface area contributed by atoms with Gasteiger partial charge in [0.05, 0.1) is 5.52 Å². The number of halogens is 2. The lowest BCUT2D eigenvalue weighted by Crippen LogP contribution is -2.27. The molecule has 0 atom stereocenters. The molecule has 0 unspecified atom stereocenters. The molecule has 0 saturated carbocycles. The van der Waals surface area contributed by atoms with Crippen LogP contribution < -0.4 is 5.32 Å². The number of hydrogen-bond donors (Lipinski definition) is 1. The molecule has 1 aliphatic heterocycles. The van der Waals surface area contributed by atoms with Gasteiger partial charge in [-0.1, -0.05) is 27.5 Å². The van der Waals surface area contributed by atoms with E-state index in [4.69, 9.17) is 11.6 Å². The highest BCUT2D eigenvalue weighted by Gasteiger charge is 2.21. The highest BCUT2D eigenvalue weighted by atomic mass is 79.9. The highest BCUT2D eigenvalue weighted by Crippen LogP contribution is 2.29. The fraction of sp³-hybridized carbons (Fsp3) is 0.417. The molecule has 1 fully saturated rings. The van der Waals surface area contributed by atoms with Gasteiger partial charge in [-0.15, -0.1) is 0 Å². The van der Waals surface area contributed by atoms with Gasteiger partial charge in [0.2, 0.25) is 0 Å². The Labute approximate surface area is 113 Å². The fourth-order valence-electron chi connectivity index (χ4n) is 2.41. The van der Waals surface area contributed by atoms with Gasteiger partial charge in [-0.2, -0.15) is 0 Å². The van der Waals surface area contributed by atoms with Crippen molar-refractivity contribution in [3.8, 4) is 0 Å². The predicted octanol–water partition coefficient (Wildman–Crippen LogP) is 3.22. The number of pyridine rings is 1. The first-order valence-corrected chi connectivity index (χ1v) is 6.96. The van der Waals surface area contributed by atoms with Crippen molar-refractivity contribution in [3.05, 3.63) is 33.8 Å². The van der Waals surface area contributed by atoms with Crippen LogP contribution >= 0.6 is 27.5 Å². The van der Waals surface area contributed by atoms with Crippen LogP contribution in [0.2, 0.25) is 5.15 Å². The van der Waals surface area contributed by atoms with Crippen LogP contribution in [0, 0.1) is 0 Å². The lowest BCUT2D eigenvalue weighted by molar-refractivity contribution is 0.444. The molecule has 0 aliphatic carbocycles. The second-order valence-electron chi connectivity index (χ2n) is 4.39. The van der Waals surface area contributed by atoms with E-state index >= 15 is 0 Å². The zero-order valence-corrected chi connectivity index (χ0v) is 11.6. The molecule has 1 saturated heterocycles. The van der Waals surface area contributed by atoms with Crippen LogP contribution in [0.25, 0.3) is 5.52 Å². The Morgan fingerprint density at radius 1 is 1.41 bits per heavy atom. The van der Waals surface area contributed by atoms with Crippen molar-refractivity contribution < 1.29 is 0 Å². The summed E-state index contributed by atoms with van der Waals surface area (Å²) in [6.45, 7) is 2.13. The Balaban J connectivity index is 2.10. The summed E-state index contributed by atoms with van der Waals surface area (Å²) in [4.78, 5) is 4.53. The van der Waals surface area contributed by atoms with Gasteiger partial charge in [0, 0.05) is 16.6 Å². The minimum atomic E-state index is 0.512. The van der Waals surface area contributed by atoms with Crippen LogP contribution in [0.15, 0.2) is 22.8 Å². The van der Waals surface area contributed by atoms with E-state index in [0.29, 0.717) is 11.1 Å². The molecule has 5 heteroatoms. The van der Waals surface area contributed by atoms with Gasteiger partial charge >= 0.3 is 0 Å². The fourth-order valence-corrected chi connectivity index (χ4v) is 2.98. The van der Waals surface area contributed by atoms with Crippen molar-refractivity contribution in [2.45, 2.75) is 18.8 Å². The van der Waals surface area contributed by atoms with E-state index in [1.54, 1.807) is 0 Å². The Kier molecular flexibility index (Phi) is 3.11. The monoisotopic (exact) mass is 313 g/mol. The van der Waals surface area contributed by atoms with E-state index in [0.717, 1.165) is 41.7 Å². The van der Waals surface area contributed by atoms with Crippen LogP contribution in [-0.4, -0.2) is 22.5 Å². The SMILES string of the molecule is Clc1nc(C2CCNCC2)n2ccc(Br)cc12. The van der Waals surface area contributed by atoms with E-state index < -0.39 is 0 Å². The third kappa shape index (κ3) is 2.09.